The molecule has 0 bridgehead atoms. The highest BCUT2D eigenvalue weighted by Crippen LogP contribution is 2.30. The molecule has 0 saturated carbocycles. The number of rotatable bonds is 2. The first kappa shape index (κ1) is 15.3. The number of nitrogen functional groups attached to an aromatic ring is 1. The zero-order chi connectivity index (χ0) is 14.9. The van der Waals surface area contributed by atoms with E-state index in [1.54, 1.807) is 18.2 Å². The zero-order valence-corrected chi connectivity index (χ0v) is 12.9. The van der Waals surface area contributed by atoms with Crippen molar-refractivity contribution in [2.24, 2.45) is 0 Å². The molecule has 1 amide bonds. The monoisotopic (exact) mass is 348 g/mol. The average Bonchev–Trinajstić information content (AvgIpc) is 2.39. The molecule has 0 saturated heterocycles. The van der Waals surface area contributed by atoms with E-state index in [-0.39, 0.29) is 21.3 Å². The second kappa shape index (κ2) is 6.10. The van der Waals surface area contributed by atoms with Gasteiger partial charge >= 0.3 is 0 Å². The first-order chi connectivity index (χ1) is 9.38. The van der Waals surface area contributed by atoms with Gasteiger partial charge in [0.05, 0.1) is 26.4 Å². The maximum absolute atomic E-state index is 12.1. The first-order valence-electron chi connectivity index (χ1n) is 5.39. The summed E-state index contributed by atoms with van der Waals surface area (Å²) < 4.78 is 0. The molecule has 2 aromatic carbocycles. The summed E-state index contributed by atoms with van der Waals surface area (Å²) in [5, 5.41) is 3.87. The minimum Gasteiger partial charge on any atom is -0.397 e. The van der Waals surface area contributed by atoms with Crippen molar-refractivity contribution in [2.45, 2.75) is 0 Å². The Kier molecular flexibility index (Phi) is 4.66. The van der Waals surface area contributed by atoms with Crippen LogP contribution < -0.4 is 11.1 Å². The number of halogens is 4. The molecule has 0 spiro atoms. The van der Waals surface area contributed by atoms with E-state index >= 15 is 0 Å². The van der Waals surface area contributed by atoms with Crippen molar-refractivity contribution in [1.29, 1.82) is 0 Å². The molecule has 0 aliphatic rings. The fraction of sp³-hybridized carbons (Fsp3) is 0. The number of carbonyl (C=O) groups excluding carboxylic acids is 1. The van der Waals surface area contributed by atoms with Crippen molar-refractivity contribution in [1.82, 2.24) is 0 Å². The first-order valence-corrected chi connectivity index (χ1v) is 6.90. The van der Waals surface area contributed by atoms with E-state index in [1.807, 2.05) is 0 Å². The third kappa shape index (κ3) is 3.30. The van der Waals surface area contributed by atoms with Gasteiger partial charge in [-0.15, -0.1) is 0 Å². The predicted octanol–water partition coefficient (Wildman–Crippen LogP) is 5.13. The lowest BCUT2D eigenvalue weighted by atomic mass is 10.2. The quantitative estimate of drug-likeness (QED) is 0.738. The number of amides is 1. The van der Waals surface area contributed by atoms with E-state index in [2.05, 4.69) is 5.32 Å². The second-order valence-corrected chi connectivity index (χ2v) is 5.57. The highest BCUT2D eigenvalue weighted by molar-refractivity contribution is 6.44. The van der Waals surface area contributed by atoms with Crippen molar-refractivity contribution >= 4 is 63.7 Å². The van der Waals surface area contributed by atoms with Crippen LogP contribution in [0.25, 0.3) is 0 Å². The molecule has 0 radical (unpaired) electrons. The highest BCUT2D eigenvalue weighted by atomic mass is 35.5. The smallest absolute Gasteiger partial charge is 0.255 e. The molecule has 7 heteroatoms. The van der Waals surface area contributed by atoms with Gasteiger partial charge in [0.25, 0.3) is 5.91 Å². The molecule has 3 nitrogen and oxygen atoms in total. The molecule has 0 aromatic heterocycles. The SMILES string of the molecule is Nc1cc(C(=O)Nc2cc(Cl)ccc2Cl)cc(Cl)c1Cl. The highest BCUT2D eigenvalue weighted by Gasteiger charge is 2.13. The molecule has 2 rings (SSSR count). The minimum absolute atomic E-state index is 0.203. The third-order valence-corrected chi connectivity index (χ3v) is 3.88. The summed E-state index contributed by atoms with van der Waals surface area (Å²) in [6.45, 7) is 0. The van der Waals surface area contributed by atoms with Crippen molar-refractivity contribution in [2.75, 3.05) is 11.1 Å². The molecule has 3 N–H and O–H groups in total. The van der Waals surface area contributed by atoms with Crippen LogP contribution in [-0.4, -0.2) is 5.91 Å². The van der Waals surface area contributed by atoms with Crippen LogP contribution in [0.2, 0.25) is 20.1 Å². The Labute approximate surface area is 135 Å². The van der Waals surface area contributed by atoms with Gasteiger partial charge in [0.2, 0.25) is 0 Å². The standard InChI is InChI=1S/C13H8Cl4N2O/c14-7-1-2-8(15)11(5-7)19-13(20)6-3-9(16)12(17)10(18)4-6/h1-5H,18H2,(H,19,20). The predicted molar refractivity (Wildman–Crippen MR) is 85.3 cm³/mol. The number of hydrogen-bond donors (Lipinski definition) is 2. The summed E-state index contributed by atoms with van der Waals surface area (Å²) in [6, 6.07) is 7.61. The molecule has 0 aliphatic heterocycles. The Hall–Kier alpha value is -1.13. The lowest BCUT2D eigenvalue weighted by molar-refractivity contribution is 0.102. The molecule has 0 aliphatic carbocycles. The summed E-state index contributed by atoms with van der Waals surface area (Å²) >= 11 is 23.5. The van der Waals surface area contributed by atoms with E-state index in [1.165, 1.54) is 12.1 Å². The fourth-order valence-electron chi connectivity index (χ4n) is 1.53. The van der Waals surface area contributed by atoms with Crippen LogP contribution in [0.1, 0.15) is 10.4 Å². The third-order valence-electron chi connectivity index (χ3n) is 2.50. The van der Waals surface area contributed by atoms with Crippen molar-refractivity contribution in [3.63, 3.8) is 0 Å². The molecule has 104 valence electrons. The number of hydrogen-bond acceptors (Lipinski definition) is 2. The van der Waals surface area contributed by atoms with Crippen LogP contribution in [0.15, 0.2) is 30.3 Å². The van der Waals surface area contributed by atoms with E-state index in [4.69, 9.17) is 52.1 Å². The lowest BCUT2D eigenvalue weighted by Crippen LogP contribution is -2.12. The number of benzene rings is 2. The summed E-state index contributed by atoms with van der Waals surface area (Å²) in [5.41, 5.74) is 6.56. The summed E-state index contributed by atoms with van der Waals surface area (Å²) in [7, 11) is 0. The van der Waals surface area contributed by atoms with Crippen molar-refractivity contribution in [3.8, 4) is 0 Å². The normalized spacial score (nSPS) is 10.4. The van der Waals surface area contributed by atoms with Crippen molar-refractivity contribution < 1.29 is 4.79 Å². The number of nitrogens with two attached hydrogens (primary N) is 1. The van der Waals surface area contributed by atoms with Gasteiger partial charge in [0.15, 0.2) is 0 Å². The van der Waals surface area contributed by atoms with E-state index in [0.717, 1.165) is 0 Å². The van der Waals surface area contributed by atoms with E-state index in [9.17, 15) is 4.79 Å². The van der Waals surface area contributed by atoms with Gasteiger partial charge in [-0.2, -0.15) is 0 Å². The maximum Gasteiger partial charge on any atom is 0.255 e. The molecule has 0 unspecified atom stereocenters. The average molecular weight is 350 g/mol. The Bertz CT molecular complexity index is 665. The Morgan fingerprint density at radius 3 is 2.35 bits per heavy atom. The Balaban J connectivity index is 2.31. The molecular formula is C13H8Cl4N2O. The molecule has 0 atom stereocenters. The molecule has 2 aromatic rings. The summed E-state index contributed by atoms with van der Waals surface area (Å²) in [5.74, 6) is -0.417. The van der Waals surface area contributed by atoms with Gasteiger partial charge in [-0.3, -0.25) is 4.79 Å². The van der Waals surface area contributed by atoms with Gasteiger partial charge < -0.3 is 11.1 Å². The lowest BCUT2D eigenvalue weighted by Gasteiger charge is -2.09. The van der Waals surface area contributed by atoms with Gasteiger partial charge in [-0.1, -0.05) is 46.4 Å². The Morgan fingerprint density at radius 2 is 1.70 bits per heavy atom. The molecule has 0 heterocycles. The van der Waals surface area contributed by atoms with Gasteiger partial charge in [0.1, 0.15) is 0 Å². The topological polar surface area (TPSA) is 55.1 Å². The van der Waals surface area contributed by atoms with Gasteiger partial charge in [-0.25, -0.2) is 0 Å². The number of anilines is 2. The summed E-state index contributed by atoms with van der Waals surface area (Å²) in [6.07, 6.45) is 0. The van der Waals surface area contributed by atoms with Crippen LogP contribution in [0.3, 0.4) is 0 Å². The van der Waals surface area contributed by atoms with Gasteiger partial charge in [0, 0.05) is 10.6 Å². The van der Waals surface area contributed by atoms with Crippen LogP contribution in [0.5, 0.6) is 0 Å². The Morgan fingerprint density at radius 1 is 1.00 bits per heavy atom. The number of carbonyl (C=O) groups is 1. The van der Waals surface area contributed by atoms with Crippen molar-refractivity contribution in [3.05, 3.63) is 56.0 Å². The summed E-state index contributed by atoms with van der Waals surface area (Å²) in [4.78, 5) is 12.1. The minimum atomic E-state index is -0.417. The van der Waals surface area contributed by atoms with Crippen LogP contribution in [0, 0.1) is 0 Å². The van der Waals surface area contributed by atoms with Crippen LogP contribution in [0.4, 0.5) is 11.4 Å². The second-order valence-electron chi connectivity index (χ2n) is 3.94. The van der Waals surface area contributed by atoms with Crippen LogP contribution in [-0.2, 0) is 0 Å². The fourth-order valence-corrected chi connectivity index (χ4v) is 2.20. The molecule has 20 heavy (non-hydrogen) atoms. The van der Waals surface area contributed by atoms with Crippen LogP contribution >= 0.6 is 46.4 Å². The van der Waals surface area contributed by atoms with E-state index in [0.29, 0.717) is 15.7 Å². The van der Waals surface area contributed by atoms with E-state index < -0.39 is 5.91 Å². The molecule has 0 fully saturated rings. The molecular weight excluding hydrogens is 342 g/mol. The maximum atomic E-state index is 12.1. The number of nitrogens with one attached hydrogen (secondary N) is 1. The van der Waals surface area contributed by atoms with Gasteiger partial charge in [-0.05, 0) is 30.3 Å². The largest absolute Gasteiger partial charge is 0.397 e. The zero-order valence-electron chi connectivity index (χ0n) is 9.88.